The van der Waals surface area contributed by atoms with Crippen molar-refractivity contribution in [1.29, 1.82) is 0 Å². The van der Waals surface area contributed by atoms with Gasteiger partial charge < -0.3 is 20.7 Å². The molecule has 7 heteroatoms. The largest absolute Gasteiger partial charge is 0.477 e. The fourth-order valence-corrected chi connectivity index (χ4v) is 5.05. The van der Waals surface area contributed by atoms with Crippen molar-refractivity contribution < 1.29 is 14.3 Å². The van der Waals surface area contributed by atoms with Gasteiger partial charge in [-0.05, 0) is 69.5 Å². The number of aromatic nitrogens is 1. The number of likely N-dealkylation sites (tertiary alicyclic amines) is 1. The molecule has 2 aromatic rings. The minimum Gasteiger partial charge on any atom is -0.477 e. The number of aromatic carboxylic acids is 1. The molecule has 2 fully saturated rings. The van der Waals surface area contributed by atoms with E-state index in [1.165, 1.54) is 12.3 Å². The zero-order chi connectivity index (χ0) is 22.3. The lowest BCUT2D eigenvalue weighted by Crippen LogP contribution is -2.30. The molecule has 0 spiro atoms. The van der Waals surface area contributed by atoms with Gasteiger partial charge in [-0.15, -0.1) is 0 Å². The number of halogens is 1. The van der Waals surface area contributed by atoms with Crippen LogP contribution in [0.1, 0.15) is 60.0 Å². The summed E-state index contributed by atoms with van der Waals surface area (Å²) in [6.45, 7) is 8.80. The maximum absolute atomic E-state index is 15.4. The Morgan fingerprint density at radius 3 is 2.74 bits per heavy atom. The SMILES string of the molecule is C=Cc1c(C(CCN2CCC(C(C)N)C2)C2CC2)c(F)cc2c(=O)c(C(=O)O)c[nH]c12. The van der Waals surface area contributed by atoms with Gasteiger partial charge in [0.25, 0.3) is 0 Å². The number of carbonyl (C=O) groups is 1. The van der Waals surface area contributed by atoms with E-state index in [1.807, 2.05) is 0 Å². The van der Waals surface area contributed by atoms with Crippen molar-refractivity contribution in [3.63, 3.8) is 0 Å². The Morgan fingerprint density at radius 1 is 1.42 bits per heavy atom. The van der Waals surface area contributed by atoms with Crippen LogP contribution in [0, 0.1) is 17.7 Å². The number of nitrogens with two attached hydrogens (primary N) is 1. The van der Waals surface area contributed by atoms with Crippen molar-refractivity contribution >= 4 is 22.9 Å². The molecule has 0 bridgehead atoms. The molecule has 4 N–H and O–H groups in total. The Bertz CT molecular complexity index is 1070. The molecule has 2 heterocycles. The number of fused-ring (bicyclic) bond motifs is 1. The topological polar surface area (TPSA) is 99.4 Å². The van der Waals surface area contributed by atoms with Crippen molar-refractivity contribution in [3.05, 3.63) is 51.6 Å². The van der Waals surface area contributed by atoms with Crippen LogP contribution in [0.5, 0.6) is 0 Å². The molecular weight excluding hydrogens is 397 g/mol. The number of rotatable bonds is 8. The Labute approximate surface area is 180 Å². The molecule has 1 saturated heterocycles. The lowest BCUT2D eigenvalue weighted by atomic mass is 9.85. The number of hydrogen-bond acceptors (Lipinski definition) is 4. The molecule has 31 heavy (non-hydrogen) atoms. The van der Waals surface area contributed by atoms with Gasteiger partial charge in [0.2, 0.25) is 5.43 Å². The minimum atomic E-state index is -1.33. The van der Waals surface area contributed by atoms with Crippen LogP contribution < -0.4 is 11.2 Å². The number of nitrogens with zero attached hydrogens (tertiary/aromatic N) is 1. The fourth-order valence-electron chi connectivity index (χ4n) is 5.05. The maximum Gasteiger partial charge on any atom is 0.341 e. The summed E-state index contributed by atoms with van der Waals surface area (Å²) in [5.41, 5.74) is 6.59. The Balaban J connectivity index is 1.68. The predicted octanol–water partition coefficient (Wildman–Crippen LogP) is 3.56. The van der Waals surface area contributed by atoms with Gasteiger partial charge in [0.15, 0.2) is 0 Å². The van der Waals surface area contributed by atoms with Gasteiger partial charge in [-0.2, -0.15) is 0 Å². The third-order valence-corrected chi connectivity index (χ3v) is 7.01. The van der Waals surface area contributed by atoms with Crippen LogP contribution in [-0.2, 0) is 0 Å². The van der Waals surface area contributed by atoms with Gasteiger partial charge in [0.1, 0.15) is 11.4 Å². The van der Waals surface area contributed by atoms with E-state index >= 15 is 4.39 Å². The summed E-state index contributed by atoms with van der Waals surface area (Å²) in [5, 5.41) is 9.27. The van der Waals surface area contributed by atoms with Gasteiger partial charge >= 0.3 is 5.97 Å². The molecule has 1 aliphatic heterocycles. The highest BCUT2D eigenvalue weighted by atomic mass is 19.1. The molecule has 3 atom stereocenters. The van der Waals surface area contributed by atoms with E-state index in [9.17, 15) is 14.7 Å². The highest BCUT2D eigenvalue weighted by molar-refractivity contribution is 5.95. The summed E-state index contributed by atoms with van der Waals surface area (Å²) in [6, 6.07) is 1.38. The van der Waals surface area contributed by atoms with E-state index in [4.69, 9.17) is 5.73 Å². The number of hydrogen-bond donors (Lipinski definition) is 3. The molecule has 1 saturated carbocycles. The second-order valence-electron chi connectivity index (χ2n) is 9.09. The van der Waals surface area contributed by atoms with Crippen LogP contribution in [0.2, 0.25) is 0 Å². The quantitative estimate of drug-likeness (QED) is 0.598. The number of benzene rings is 1. The van der Waals surface area contributed by atoms with Gasteiger partial charge in [-0.25, -0.2) is 9.18 Å². The summed E-state index contributed by atoms with van der Waals surface area (Å²) in [6.07, 6.45) is 6.82. The van der Waals surface area contributed by atoms with E-state index in [-0.39, 0.29) is 17.3 Å². The van der Waals surface area contributed by atoms with Crippen molar-refractivity contribution in [2.75, 3.05) is 19.6 Å². The number of H-pyrrole nitrogens is 1. The molecule has 3 unspecified atom stereocenters. The van der Waals surface area contributed by atoms with E-state index in [2.05, 4.69) is 23.4 Å². The Kier molecular flexibility index (Phi) is 5.99. The van der Waals surface area contributed by atoms with Crippen LogP contribution in [0.3, 0.4) is 0 Å². The predicted molar refractivity (Wildman–Crippen MR) is 120 cm³/mol. The maximum atomic E-state index is 15.4. The third-order valence-electron chi connectivity index (χ3n) is 7.01. The molecule has 1 aromatic heterocycles. The van der Waals surface area contributed by atoms with Crippen LogP contribution >= 0.6 is 0 Å². The lowest BCUT2D eigenvalue weighted by molar-refractivity contribution is 0.0695. The molecule has 0 radical (unpaired) electrons. The first-order chi connectivity index (χ1) is 14.8. The first-order valence-corrected chi connectivity index (χ1v) is 11.0. The standard InChI is InChI=1S/C24H30FN3O3/c1-3-16-21(20(25)10-18-22(16)27-11-19(23(18)29)24(30)31)17(14-4-5-14)7-9-28-8-6-15(12-28)13(2)26/h3,10-11,13-15,17H,1,4-9,12,26H2,2H3,(H,27,29)(H,30,31). The second-order valence-corrected chi connectivity index (χ2v) is 9.09. The third kappa shape index (κ3) is 4.16. The van der Waals surface area contributed by atoms with E-state index in [0.29, 0.717) is 28.5 Å². The summed E-state index contributed by atoms with van der Waals surface area (Å²) in [7, 11) is 0. The lowest BCUT2D eigenvalue weighted by Gasteiger charge is -2.24. The first kappa shape index (κ1) is 21.7. The van der Waals surface area contributed by atoms with Gasteiger partial charge in [-0.3, -0.25) is 4.79 Å². The van der Waals surface area contributed by atoms with Crippen LogP contribution in [0.25, 0.3) is 17.0 Å². The highest BCUT2D eigenvalue weighted by Gasteiger charge is 2.36. The molecule has 0 amide bonds. The second kappa shape index (κ2) is 8.55. The Hall–Kier alpha value is -2.51. The summed E-state index contributed by atoms with van der Waals surface area (Å²) >= 11 is 0. The highest BCUT2D eigenvalue weighted by Crippen LogP contribution is 2.47. The van der Waals surface area contributed by atoms with E-state index < -0.39 is 22.8 Å². The van der Waals surface area contributed by atoms with Gasteiger partial charge in [-0.1, -0.05) is 12.7 Å². The van der Waals surface area contributed by atoms with Crippen molar-refractivity contribution in [2.45, 2.75) is 44.6 Å². The van der Waals surface area contributed by atoms with Crippen LogP contribution in [-0.4, -0.2) is 46.6 Å². The van der Waals surface area contributed by atoms with E-state index in [1.54, 1.807) is 6.08 Å². The summed E-state index contributed by atoms with van der Waals surface area (Å²) < 4.78 is 15.4. The zero-order valence-electron chi connectivity index (χ0n) is 17.9. The first-order valence-electron chi connectivity index (χ1n) is 11.0. The zero-order valence-corrected chi connectivity index (χ0v) is 17.9. The number of aromatic amines is 1. The van der Waals surface area contributed by atoms with Crippen molar-refractivity contribution in [2.24, 2.45) is 17.6 Å². The van der Waals surface area contributed by atoms with Gasteiger partial charge in [0.05, 0.1) is 5.52 Å². The summed E-state index contributed by atoms with van der Waals surface area (Å²) in [4.78, 5) is 29.2. The molecule has 4 rings (SSSR count). The number of carboxylic acids is 1. The molecule has 1 aromatic carbocycles. The molecule has 1 aliphatic carbocycles. The monoisotopic (exact) mass is 427 g/mol. The molecule has 2 aliphatic rings. The van der Waals surface area contributed by atoms with Crippen molar-refractivity contribution in [3.8, 4) is 0 Å². The van der Waals surface area contributed by atoms with Gasteiger partial charge in [0, 0.05) is 35.3 Å². The normalized spacial score (nSPS) is 21.3. The van der Waals surface area contributed by atoms with E-state index in [0.717, 1.165) is 45.3 Å². The summed E-state index contributed by atoms with van der Waals surface area (Å²) in [5.74, 6) is -0.826. The number of pyridine rings is 1. The average molecular weight is 428 g/mol. The van der Waals surface area contributed by atoms with Crippen molar-refractivity contribution in [1.82, 2.24) is 9.88 Å². The molecule has 166 valence electrons. The smallest absolute Gasteiger partial charge is 0.341 e. The number of carboxylic acid groups (broad SMARTS) is 1. The molecular formula is C24H30FN3O3. The molecule has 6 nitrogen and oxygen atoms in total. The Morgan fingerprint density at radius 2 is 2.16 bits per heavy atom. The fraction of sp³-hybridized carbons (Fsp3) is 0.500. The minimum absolute atomic E-state index is 0.0365. The van der Waals surface area contributed by atoms with Crippen LogP contribution in [0.15, 0.2) is 23.6 Å². The van der Waals surface area contributed by atoms with Crippen LogP contribution in [0.4, 0.5) is 4.39 Å². The number of nitrogens with one attached hydrogen (secondary N) is 1. The average Bonchev–Trinajstić information content (AvgIpc) is 3.45.